The standard InChI is InChI=1S/C14H14N4O2S/c1-8-4-9(2)6-11(5-8)13-16-17-14(19-13)21-7-12-15-10(3)18-20-12/h4-6H,7H2,1-3H3. The van der Waals surface area contributed by atoms with E-state index in [9.17, 15) is 0 Å². The quantitative estimate of drug-likeness (QED) is 0.684. The second kappa shape index (κ2) is 5.69. The molecular formula is C14H14N4O2S. The van der Waals surface area contributed by atoms with Crippen molar-refractivity contribution >= 4 is 11.8 Å². The minimum absolute atomic E-state index is 0.486. The number of aryl methyl sites for hydroxylation is 3. The molecule has 0 bridgehead atoms. The van der Waals surface area contributed by atoms with Crippen LogP contribution in [-0.4, -0.2) is 20.3 Å². The van der Waals surface area contributed by atoms with Gasteiger partial charge in [0.15, 0.2) is 5.82 Å². The third-order valence-corrected chi connectivity index (χ3v) is 3.57. The molecule has 7 heteroatoms. The zero-order valence-electron chi connectivity index (χ0n) is 12.0. The summed E-state index contributed by atoms with van der Waals surface area (Å²) in [6, 6.07) is 6.15. The van der Waals surface area contributed by atoms with Crippen molar-refractivity contribution in [2.45, 2.75) is 31.7 Å². The number of benzene rings is 1. The molecule has 21 heavy (non-hydrogen) atoms. The van der Waals surface area contributed by atoms with Gasteiger partial charge in [-0.25, -0.2) is 0 Å². The van der Waals surface area contributed by atoms with Crippen molar-refractivity contribution < 1.29 is 8.94 Å². The lowest BCUT2D eigenvalue weighted by atomic mass is 10.1. The maximum atomic E-state index is 5.66. The Labute approximate surface area is 126 Å². The van der Waals surface area contributed by atoms with Crippen molar-refractivity contribution in [1.29, 1.82) is 0 Å². The van der Waals surface area contributed by atoms with Crippen molar-refractivity contribution in [3.63, 3.8) is 0 Å². The van der Waals surface area contributed by atoms with Gasteiger partial charge in [0.2, 0.25) is 11.8 Å². The molecule has 0 atom stereocenters. The lowest BCUT2D eigenvalue weighted by molar-refractivity contribution is 0.386. The summed E-state index contributed by atoms with van der Waals surface area (Å²) in [5, 5.41) is 12.3. The normalized spacial score (nSPS) is 11.0. The maximum absolute atomic E-state index is 5.66. The van der Waals surface area contributed by atoms with E-state index in [0.29, 0.717) is 28.6 Å². The third kappa shape index (κ3) is 3.30. The molecule has 0 saturated heterocycles. The predicted octanol–water partition coefficient (Wildman–Crippen LogP) is 3.34. The van der Waals surface area contributed by atoms with Crippen LogP contribution in [0.2, 0.25) is 0 Å². The molecule has 0 unspecified atom stereocenters. The number of rotatable bonds is 4. The van der Waals surface area contributed by atoms with Crippen LogP contribution in [0.3, 0.4) is 0 Å². The van der Waals surface area contributed by atoms with Crippen molar-refractivity contribution in [1.82, 2.24) is 20.3 Å². The Bertz CT molecular complexity index is 746. The third-order valence-electron chi connectivity index (χ3n) is 2.76. The van der Waals surface area contributed by atoms with Crippen molar-refractivity contribution in [3.8, 4) is 11.5 Å². The number of hydrogen-bond acceptors (Lipinski definition) is 7. The molecule has 0 amide bonds. The topological polar surface area (TPSA) is 77.8 Å². The smallest absolute Gasteiger partial charge is 0.277 e. The molecule has 0 aliphatic carbocycles. The Morgan fingerprint density at radius 1 is 1.05 bits per heavy atom. The first-order valence-electron chi connectivity index (χ1n) is 6.44. The SMILES string of the molecule is Cc1cc(C)cc(-c2nnc(SCc3nc(C)no3)o2)c1. The number of nitrogens with zero attached hydrogens (tertiary/aromatic N) is 4. The van der Waals surface area contributed by atoms with Gasteiger partial charge in [-0.3, -0.25) is 0 Å². The highest BCUT2D eigenvalue weighted by atomic mass is 32.2. The monoisotopic (exact) mass is 302 g/mol. The van der Waals surface area contributed by atoms with Crippen molar-refractivity contribution in [2.24, 2.45) is 0 Å². The Balaban J connectivity index is 1.73. The highest BCUT2D eigenvalue weighted by Gasteiger charge is 2.12. The predicted molar refractivity (Wildman–Crippen MR) is 77.8 cm³/mol. The highest BCUT2D eigenvalue weighted by Crippen LogP contribution is 2.26. The number of thioether (sulfide) groups is 1. The average Bonchev–Trinajstić information content (AvgIpc) is 3.04. The van der Waals surface area contributed by atoms with E-state index in [1.54, 1.807) is 6.92 Å². The van der Waals surface area contributed by atoms with Gasteiger partial charge in [0.1, 0.15) is 0 Å². The molecular weight excluding hydrogens is 288 g/mol. The van der Waals surface area contributed by atoms with Crippen LogP contribution >= 0.6 is 11.8 Å². The van der Waals surface area contributed by atoms with Gasteiger partial charge in [-0.05, 0) is 32.9 Å². The fourth-order valence-electron chi connectivity index (χ4n) is 2.01. The number of hydrogen-bond donors (Lipinski definition) is 0. The highest BCUT2D eigenvalue weighted by molar-refractivity contribution is 7.98. The molecule has 0 saturated carbocycles. The van der Waals surface area contributed by atoms with E-state index in [2.05, 4.69) is 26.4 Å². The first kappa shape index (κ1) is 13.8. The Morgan fingerprint density at radius 3 is 2.48 bits per heavy atom. The summed E-state index contributed by atoms with van der Waals surface area (Å²) < 4.78 is 10.7. The molecule has 0 aliphatic heterocycles. The minimum atomic E-state index is 0.486. The molecule has 1 aromatic carbocycles. The van der Waals surface area contributed by atoms with Gasteiger partial charge in [-0.15, -0.1) is 10.2 Å². The van der Waals surface area contributed by atoms with Gasteiger partial charge >= 0.3 is 0 Å². The fraction of sp³-hybridized carbons (Fsp3) is 0.286. The van der Waals surface area contributed by atoms with Crippen LogP contribution < -0.4 is 0 Å². The van der Waals surface area contributed by atoms with E-state index in [1.807, 2.05) is 26.0 Å². The van der Waals surface area contributed by atoms with Crippen LogP contribution in [0.1, 0.15) is 22.8 Å². The average molecular weight is 302 g/mol. The van der Waals surface area contributed by atoms with Crippen LogP contribution in [0.5, 0.6) is 0 Å². The van der Waals surface area contributed by atoms with E-state index in [1.165, 1.54) is 22.9 Å². The van der Waals surface area contributed by atoms with Crippen LogP contribution in [-0.2, 0) is 5.75 Å². The fourth-order valence-corrected chi connectivity index (χ4v) is 2.61. The van der Waals surface area contributed by atoms with E-state index in [0.717, 1.165) is 5.56 Å². The zero-order chi connectivity index (χ0) is 14.8. The molecule has 3 rings (SSSR count). The summed E-state index contributed by atoms with van der Waals surface area (Å²) >= 11 is 1.37. The van der Waals surface area contributed by atoms with Crippen LogP contribution in [0.15, 0.2) is 32.4 Å². The van der Waals surface area contributed by atoms with Gasteiger partial charge in [0, 0.05) is 5.56 Å². The van der Waals surface area contributed by atoms with Crippen molar-refractivity contribution in [2.75, 3.05) is 0 Å². The summed E-state index contributed by atoms with van der Waals surface area (Å²) in [4.78, 5) is 4.13. The van der Waals surface area contributed by atoms with Gasteiger partial charge < -0.3 is 8.94 Å². The van der Waals surface area contributed by atoms with Gasteiger partial charge in [-0.1, -0.05) is 34.1 Å². The van der Waals surface area contributed by atoms with Gasteiger partial charge in [-0.2, -0.15) is 4.98 Å². The minimum Gasteiger partial charge on any atom is -0.411 e. The summed E-state index contributed by atoms with van der Waals surface area (Å²) in [5.41, 5.74) is 3.26. The molecule has 0 fully saturated rings. The molecule has 2 aromatic heterocycles. The van der Waals surface area contributed by atoms with Gasteiger partial charge in [0.25, 0.3) is 5.22 Å². The molecule has 6 nitrogen and oxygen atoms in total. The Morgan fingerprint density at radius 2 is 1.81 bits per heavy atom. The number of aromatic nitrogens is 4. The lowest BCUT2D eigenvalue weighted by Crippen LogP contribution is -1.82. The molecule has 0 radical (unpaired) electrons. The summed E-state index contributed by atoms with van der Waals surface area (Å²) in [6.07, 6.45) is 0. The molecule has 0 spiro atoms. The maximum Gasteiger partial charge on any atom is 0.277 e. The van der Waals surface area contributed by atoms with E-state index >= 15 is 0 Å². The first-order chi connectivity index (χ1) is 10.1. The largest absolute Gasteiger partial charge is 0.411 e. The van der Waals surface area contributed by atoms with Crippen LogP contribution in [0, 0.1) is 20.8 Å². The molecule has 0 N–H and O–H groups in total. The van der Waals surface area contributed by atoms with E-state index < -0.39 is 0 Å². The van der Waals surface area contributed by atoms with Gasteiger partial charge in [0.05, 0.1) is 5.75 Å². The molecule has 3 aromatic rings. The summed E-state index contributed by atoms with van der Waals surface area (Å²) in [5.74, 6) is 2.19. The van der Waals surface area contributed by atoms with Crippen LogP contribution in [0.25, 0.3) is 11.5 Å². The summed E-state index contributed by atoms with van der Waals surface area (Å²) in [7, 11) is 0. The Hall–Kier alpha value is -2.15. The molecule has 0 aliphatic rings. The zero-order valence-corrected chi connectivity index (χ0v) is 12.8. The van der Waals surface area contributed by atoms with Crippen molar-refractivity contribution in [3.05, 3.63) is 41.0 Å². The van der Waals surface area contributed by atoms with E-state index in [-0.39, 0.29) is 0 Å². The van der Waals surface area contributed by atoms with E-state index in [4.69, 9.17) is 8.94 Å². The molecule has 108 valence electrons. The lowest BCUT2D eigenvalue weighted by Gasteiger charge is -1.99. The summed E-state index contributed by atoms with van der Waals surface area (Å²) in [6.45, 7) is 5.86. The molecule has 2 heterocycles. The van der Waals surface area contributed by atoms with Crippen LogP contribution in [0.4, 0.5) is 0 Å². The first-order valence-corrected chi connectivity index (χ1v) is 7.43. The second-order valence-electron chi connectivity index (χ2n) is 4.77. The Kier molecular flexibility index (Phi) is 3.74. The second-order valence-corrected chi connectivity index (χ2v) is 5.70.